The number of benzene rings is 6. The third-order valence-electron chi connectivity index (χ3n) is 8.19. The van der Waals surface area contributed by atoms with Crippen molar-refractivity contribution in [1.29, 1.82) is 0 Å². The molecule has 42 heavy (non-hydrogen) atoms. The Bertz CT molecular complexity index is 2060. The van der Waals surface area contributed by atoms with Crippen molar-refractivity contribution in [2.24, 2.45) is 0 Å². The Kier molecular flexibility index (Phi) is 6.13. The van der Waals surface area contributed by atoms with Gasteiger partial charge in [0.2, 0.25) is 11.4 Å². The second-order valence-electron chi connectivity index (χ2n) is 10.6. The zero-order chi connectivity index (χ0) is 28.2. The van der Waals surface area contributed by atoms with Crippen molar-refractivity contribution in [1.82, 2.24) is 0 Å². The molecule has 0 aliphatic carbocycles. The summed E-state index contributed by atoms with van der Waals surface area (Å²) in [5.41, 5.74) is 7.17. The van der Waals surface area contributed by atoms with E-state index in [4.69, 9.17) is 0 Å². The van der Waals surface area contributed by atoms with Gasteiger partial charge < -0.3 is 0 Å². The maximum atomic E-state index is 3.54. The van der Waals surface area contributed by atoms with Gasteiger partial charge in [0.25, 0.3) is 0 Å². The fourth-order valence-corrected chi connectivity index (χ4v) is 6.60. The van der Waals surface area contributed by atoms with Gasteiger partial charge in [0.15, 0.2) is 24.8 Å². The van der Waals surface area contributed by atoms with E-state index >= 15 is 0 Å². The summed E-state index contributed by atoms with van der Waals surface area (Å²) in [6.45, 7) is 0. The second kappa shape index (κ2) is 10.2. The lowest BCUT2D eigenvalue weighted by Crippen LogP contribution is -2.29. The summed E-state index contributed by atoms with van der Waals surface area (Å²) in [7, 11) is 0. The maximum Gasteiger partial charge on any atom is 0.218 e. The van der Waals surface area contributed by atoms with Gasteiger partial charge in [-0.2, -0.15) is 9.13 Å². The fourth-order valence-electron chi connectivity index (χ4n) is 6.08. The zero-order valence-electron chi connectivity index (χ0n) is 22.5. The van der Waals surface area contributed by atoms with Crippen molar-refractivity contribution in [2.45, 2.75) is 0 Å². The molecule has 0 unspecified atom stereocenters. The molecule has 8 rings (SSSR count). The zero-order valence-corrected chi connectivity index (χ0v) is 25.7. The molecule has 2 aromatic heterocycles. The molecule has 0 spiro atoms. The summed E-state index contributed by atoms with van der Waals surface area (Å²) in [5.74, 6) is 0. The molecule has 0 aliphatic rings. The number of rotatable bonds is 4. The SMILES string of the molecule is Brc1ccc(-c2cc[n+](-c3ccc4ccc5c(-c6cc[n+](-c7ccc(Br)cc7)cc6)ccc6ccc3c4c65)cc2)cc1. The van der Waals surface area contributed by atoms with Gasteiger partial charge in [0.05, 0.1) is 5.39 Å². The molecule has 0 saturated heterocycles. The molecule has 6 aromatic carbocycles. The first-order chi connectivity index (χ1) is 20.6. The summed E-state index contributed by atoms with van der Waals surface area (Å²) in [5, 5.41) is 7.69. The van der Waals surface area contributed by atoms with E-state index in [1.54, 1.807) is 0 Å². The minimum atomic E-state index is 1.08. The molecule has 0 aliphatic heterocycles. The topological polar surface area (TPSA) is 7.76 Å². The average Bonchev–Trinajstić information content (AvgIpc) is 3.04. The standard InChI is InChI=1S/C38H24Br2N2/c39-30-7-1-25(2-8-30)26-17-23-42(24-18-26)36-16-6-29-4-14-34-33(13-3-28-5-15-35(36)38(29)37(28)34)27-19-21-41(22-20-27)32-11-9-31(40)10-12-32/h1-24H/q+2. The van der Waals surface area contributed by atoms with E-state index in [1.165, 1.54) is 60.3 Å². The van der Waals surface area contributed by atoms with Gasteiger partial charge in [-0.15, -0.1) is 0 Å². The number of pyridine rings is 2. The molecule has 0 N–H and O–H groups in total. The van der Waals surface area contributed by atoms with Crippen molar-refractivity contribution in [3.8, 4) is 33.6 Å². The highest BCUT2D eigenvalue weighted by Gasteiger charge is 2.18. The molecule has 0 bridgehead atoms. The van der Waals surface area contributed by atoms with E-state index in [0.717, 1.165) is 14.6 Å². The molecule has 0 saturated carbocycles. The molecule has 2 heterocycles. The van der Waals surface area contributed by atoms with E-state index in [2.05, 4.69) is 187 Å². The Morgan fingerprint density at radius 1 is 0.381 bits per heavy atom. The molecule has 4 heteroatoms. The van der Waals surface area contributed by atoms with Gasteiger partial charge in [0, 0.05) is 56.8 Å². The Balaban J connectivity index is 1.24. The third-order valence-corrected chi connectivity index (χ3v) is 9.25. The van der Waals surface area contributed by atoms with Crippen LogP contribution in [0.5, 0.6) is 0 Å². The smallest absolute Gasteiger partial charge is 0.167 e. The normalized spacial score (nSPS) is 11.6. The molecule has 0 amide bonds. The number of hydrogen-bond donors (Lipinski definition) is 0. The van der Waals surface area contributed by atoms with E-state index in [9.17, 15) is 0 Å². The summed E-state index contributed by atoms with van der Waals surface area (Å²) in [4.78, 5) is 0. The highest BCUT2D eigenvalue weighted by atomic mass is 79.9. The molecule has 0 atom stereocenters. The minimum Gasteiger partial charge on any atom is -0.167 e. The first-order valence-corrected chi connectivity index (χ1v) is 15.5. The molecule has 0 fully saturated rings. The van der Waals surface area contributed by atoms with E-state index in [-0.39, 0.29) is 0 Å². The van der Waals surface area contributed by atoms with Gasteiger partial charge in [-0.3, -0.25) is 0 Å². The van der Waals surface area contributed by atoms with E-state index in [1.807, 2.05) is 0 Å². The van der Waals surface area contributed by atoms with Gasteiger partial charge in [-0.25, -0.2) is 0 Å². The lowest BCUT2D eigenvalue weighted by Gasteiger charge is -2.14. The highest BCUT2D eigenvalue weighted by Crippen LogP contribution is 2.40. The van der Waals surface area contributed by atoms with Crippen molar-refractivity contribution in [3.05, 3.63) is 155 Å². The summed E-state index contributed by atoms with van der Waals surface area (Å²) < 4.78 is 6.55. The molecular weight excluding hydrogens is 644 g/mol. The summed E-state index contributed by atoms with van der Waals surface area (Å²) >= 11 is 7.07. The average molecular weight is 668 g/mol. The quantitative estimate of drug-likeness (QED) is 0.130. The Morgan fingerprint density at radius 3 is 1.57 bits per heavy atom. The number of hydrogen-bond acceptors (Lipinski definition) is 0. The third kappa shape index (κ3) is 4.30. The van der Waals surface area contributed by atoms with Crippen molar-refractivity contribution in [2.75, 3.05) is 0 Å². The van der Waals surface area contributed by atoms with Crippen LogP contribution in [0.25, 0.3) is 65.9 Å². The van der Waals surface area contributed by atoms with Crippen LogP contribution in [0, 0.1) is 0 Å². The number of nitrogens with zero attached hydrogens (tertiary/aromatic N) is 2. The van der Waals surface area contributed by atoms with Crippen LogP contribution in [-0.4, -0.2) is 0 Å². The van der Waals surface area contributed by atoms with Gasteiger partial charge >= 0.3 is 0 Å². The molecule has 8 aromatic rings. The lowest BCUT2D eigenvalue weighted by molar-refractivity contribution is -0.595. The first-order valence-electron chi connectivity index (χ1n) is 13.9. The summed E-state index contributed by atoms with van der Waals surface area (Å²) in [6.07, 6.45) is 8.62. The van der Waals surface area contributed by atoms with Crippen LogP contribution in [0.15, 0.2) is 155 Å². The van der Waals surface area contributed by atoms with Crippen LogP contribution in [0.2, 0.25) is 0 Å². The second-order valence-corrected chi connectivity index (χ2v) is 12.4. The summed E-state index contributed by atoms with van der Waals surface area (Å²) in [6, 6.07) is 43.7. The lowest BCUT2D eigenvalue weighted by atomic mass is 9.89. The molecular formula is C38H24Br2N2+2. The predicted octanol–water partition coefficient (Wildman–Crippen LogP) is 10.00. The fraction of sp³-hybridized carbons (Fsp3) is 0. The largest absolute Gasteiger partial charge is 0.218 e. The number of halogens is 2. The van der Waals surface area contributed by atoms with E-state index in [0.29, 0.717) is 0 Å². The maximum absolute atomic E-state index is 3.54. The van der Waals surface area contributed by atoms with Gasteiger partial charge in [-0.05, 0) is 80.2 Å². The number of aromatic nitrogens is 2. The predicted molar refractivity (Wildman–Crippen MR) is 179 cm³/mol. The Hall–Kier alpha value is -4.38. The van der Waals surface area contributed by atoms with Crippen LogP contribution < -0.4 is 9.13 Å². The molecule has 2 nitrogen and oxygen atoms in total. The first kappa shape index (κ1) is 25.3. The van der Waals surface area contributed by atoms with Crippen LogP contribution in [0.1, 0.15) is 0 Å². The van der Waals surface area contributed by atoms with Crippen LogP contribution in [0.4, 0.5) is 0 Å². The van der Waals surface area contributed by atoms with Crippen LogP contribution >= 0.6 is 31.9 Å². The Morgan fingerprint density at radius 2 is 0.881 bits per heavy atom. The van der Waals surface area contributed by atoms with Crippen molar-refractivity contribution in [3.63, 3.8) is 0 Å². The Labute approximate surface area is 260 Å². The molecule has 198 valence electrons. The molecule has 0 radical (unpaired) electrons. The highest BCUT2D eigenvalue weighted by molar-refractivity contribution is 9.10. The van der Waals surface area contributed by atoms with Gasteiger partial charge in [0.1, 0.15) is 0 Å². The minimum absolute atomic E-state index is 1.08. The van der Waals surface area contributed by atoms with Crippen LogP contribution in [0.3, 0.4) is 0 Å². The monoisotopic (exact) mass is 666 g/mol. The van der Waals surface area contributed by atoms with Crippen LogP contribution in [-0.2, 0) is 0 Å². The van der Waals surface area contributed by atoms with E-state index < -0.39 is 0 Å². The van der Waals surface area contributed by atoms with Gasteiger partial charge in [-0.1, -0.05) is 74.3 Å². The van der Waals surface area contributed by atoms with Crippen molar-refractivity contribution >= 4 is 64.2 Å². The van der Waals surface area contributed by atoms with Crippen molar-refractivity contribution < 1.29 is 9.13 Å².